The zero-order valence-corrected chi connectivity index (χ0v) is 27.2. The fourth-order valence-corrected chi connectivity index (χ4v) is 6.46. The Kier molecular flexibility index (Phi) is 11.6. The summed E-state index contributed by atoms with van der Waals surface area (Å²) in [5, 5.41) is 15.0. The lowest BCUT2D eigenvalue weighted by Crippen LogP contribution is -2.53. The van der Waals surface area contributed by atoms with Crippen molar-refractivity contribution in [3.05, 3.63) is 92.0 Å². The molecule has 0 aliphatic carbocycles. The maximum absolute atomic E-state index is 14.2. The molecular weight excluding hydrogens is 631 g/mol. The van der Waals surface area contributed by atoms with E-state index in [1.165, 1.54) is 55.3 Å². The number of sulfonamides is 1. The van der Waals surface area contributed by atoms with Gasteiger partial charge in [-0.1, -0.05) is 42.3 Å². The number of carbonyl (C=O) groups excluding carboxylic acids is 2. The van der Waals surface area contributed by atoms with Crippen LogP contribution in [0.15, 0.2) is 65.6 Å². The molecule has 0 radical (unpaired) electrons. The number of nitro benzene ring substituents is 1. The van der Waals surface area contributed by atoms with Crippen LogP contribution in [-0.2, 0) is 26.2 Å². The number of rotatable bonds is 13. The average Bonchev–Trinajstić information content (AvgIpc) is 2.96. The first-order valence-electron chi connectivity index (χ1n) is 13.7. The Balaban J connectivity index is 2.16. The number of anilines is 1. The van der Waals surface area contributed by atoms with Gasteiger partial charge in [0.25, 0.3) is 15.7 Å². The highest BCUT2D eigenvalue weighted by Crippen LogP contribution is 2.31. The second kappa shape index (κ2) is 14.7. The fourth-order valence-electron chi connectivity index (χ4n) is 4.50. The zero-order valence-electron chi connectivity index (χ0n) is 24.9. The van der Waals surface area contributed by atoms with Crippen molar-refractivity contribution in [3.8, 4) is 5.75 Å². The van der Waals surface area contributed by atoms with Crippen LogP contribution in [0.4, 0.5) is 11.4 Å². The number of nitrogens with one attached hydrogen (secondary N) is 1. The van der Waals surface area contributed by atoms with Crippen LogP contribution in [0, 0.1) is 17.0 Å². The minimum atomic E-state index is -4.55. The van der Waals surface area contributed by atoms with Gasteiger partial charge in [-0.05, 0) is 69.7 Å². The number of aryl methyl sites for hydroxylation is 1. The van der Waals surface area contributed by atoms with Crippen molar-refractivity contribution in [2.45, 2.75) is 57.6 Å². The van der Waals surface area contributed by atoms with Crippen molar-refractivity contribution in [1.82, 2.24) is 10.2 Å². The Bertz CT molecular complexity index is 1610. The highest BCUT2D eigenvalue weighted by molar-refractivity contribution is 7.92. The smallest absolute Gasteiger partial charge is 0.273 e. The second-order valence-corrected chi connectivity index (χ2v) is 12.9. The predicted molar refractivity (Wildman–Crippen MR) is 170 cm³/mol. The van der Waals surface area contributed by atoms with Gasteiger partial charge in [-0.15, -0.1) is 0 Å². The first kappa shape index (κ1) is 34.6. The van der Waals surface area contributed by atoms with Crippen LogP contribution in [0.3, 0.4) is 0 Å². The molecule has 3 rings (SSSR count). The van der Waals surface area contributed by atoms with E-state index >= 15 is 0 Å². The second-order valence-electron chi connectivity index (χ2n) is 10.2. The summed E-state index contributed by atoms with van der Waals surface area (Å²) in [4.78, 5) is 39.3. The van der Waals surface area contributed by atoms with Crippen molar-refractivity contribution < 1.29 is 27.7 Å². The molecule has 2 amide bonds. The topological polar surface area (TPSA) is 139 Å². The SMILES string of the molecule is CC[C@@H](C(=O)NC(C)C)N(Cc1c(Cl)cccc1Cl)C(=O)CN(c1ccc(OC)cc1)S(=O)(=O)c1ccc(C)c([N+](=O)[O-])c1. The van der Waals surface area contributed by atoms with E-state index in [1.54, 1.807) is 39.0 Å². The third kappa shape index (κ3) is 7.99. The van der Waals surface area contributed by atoms with E-state index in [1.807, 2.05) is 0 Å². The van der Waals surface area contributed by atoms with E-state index < -0.39 is 45.0 Å². The zero-order chi connectivity index (χ0) is 32.8. The Morgan fingerprint density at radius 3 is 2.18 bits per heavy atom. The minimum absolute atomic E-state index is 0.0952. The Morgan fingerprint density at radius 2 is 1.66 bits per heavy atom. The van der Waals surface area contributed by atoms with Gasteiger partial charge in [0.1, 0.15) is 18.3 Å². The molecular formula is C30H34Cl2N4O7S. The molecule has 0 saturated carbocycles. The Morgan fingerprint density at radius 1 is 1.05 bits per heavy atom. The van der Waals surface area contributed by atoms with Gasteiger partial charge in [0.15, 0.2) is 0 Å². The molecule has 0 aliphatic rings. The molecule has 11 nitrogen and oxygen atoms in total. The molecule has 3 aromatic carbocycles. The summed E-state index contributed by atoms with van der Waals surface area (Å²) in [6.45, 7) is 5.84. The predicted octanol–water partition coefficient (Wildman–Crippen LogP) is 5.75. The number of halogens is 2. The summed E-state index contributed by atoms with van der Waals surface area (Å²) >= 11 is 12.9. The third-order valence-corrected chi connectivity index (χ3v) is 9.29. The molecule has 0 aromatic heterocycles. The van der Waals surface area contributed by atoms with Gasteiger partial charge in [-0.2, -0.15) is 0 Å². The van der Waals surface area contributed by atoms with Crippen LogP contribution in [-0.4, -0.2) is 55.8 Å². The van der Waals surface area contributed by atoms with Crippen molar-refractivity contribution >= 4 is 56.4 Å². The molecule has 236 valence electrons. The maximum Gasteiger partial charge on any atom is 0.273 e. The summed E-state index contributed by atoms with van der Waals surface area (Å²) in [6, 6.07) is 13.1. The first-order valence-corrected chi connectivity index (χ1v) is 15.8. The molecule has 0 aliphatic heterocycles. The van der Waals surface area contributed by atoms with E-state index in [2.05, 4.69) is 5.32 Å². The Labute approximate surface area is 266 Å². The van der Waals surface area contributed by atoms with Crippen LogP contribution in [0.5, 0.6) is 5.75 Å². The largest absolute Gasteiger partial charge is 0.497 e. The first-order chi connectivity index (χ1) is 20.7. The lowest BCUT2D eigenvalue weighted by atomic mass is 10.1. The van der Waals surface area contributed by atoms with Crippen molar-refractivity contribution in [2.75, 3.05) is 18.0 Å². The number of hydrogen-bond acceptors (Lipinski definition) is 7. The van der Waals surface area contributed by atoms with Gasteiger partial charge in [-0.25, -0.2) is 8.42 Å². The maximum atomic E-state index is 14.2. The van der Waals surface area contributed by atoms with Crippen molar-refractivity contribution in [3.63, 3.8) is 0 Å². The van der Waals surface area contributed by atoms with Crippen molar-refractivity contribution in [2.24, 2.45) is 0 Å². The molecule has 0 unspecified atom stereocenters. The monoisotopic (exact) mass is 664 g/mol. The summed E-state index contributed by atoms with van der Waals surface area (Å²) in [6.07, 6.45) is 0.200. The number of methoxy groups -OCH3 is 1. The van der Waals surface area contributed by atoms with E-state index in [0.29, 0.717) is 11.3 Å². The summed E-state index contributed by atoms with van der Waals surface area (Å²) < 4.78 is 34.2. The highest BCUT2D eigenvalue weighted by Gasteiger charge is 2.35. The number of amides is 2. The van der Waals surface area contributed by atoms with Gasteiger partial charge in [0, 0.05) is 39.8 Å². The van der Waals surface area contributed by atoms with E-state index in [-0.39, 0.29) is 45.2 Å². The number of hydrogen-bond donors (Lipinski definition) is 1. The van der Waals surface area contributed by atoms with Crippen LogP contribution in [0.1, 0.15) is 38.3 Å². The highest BCUT2D eigenvalue weighted by atomic mass is 35.5. The average molecular weight is 666 g/mol. The number of nitro groups is 1. The standard InChI is InChI=1S/C30H34Cl2N4O7S/c1-6-27(30(38)33-19(2)3)34(17-24-25(31)8-7-9-26(24)32)29(37)18-35(21-11-13-22(43-5)14-12-21)44(41,42)23-15-10-20(4)28(16-23)36(39)40/h7-16,19,27H,6,17-18H2,1-5H3,(H,33,38)/t27-/m0/s1. The molecule has 0 saturated heterocycles. The summed E-state index contributed by atoms with van der Waals surface area (Å²) in [7, 11) is -3.10. The van der Waals surface area contributed by atoms with Gasteiger partial charge >= 0.3 is 0 Å². The molecule has 3 aromatic rings. The fraction of sp³-hybridized carbons (Fsp3) is 0.333. The Hall–Kier alpha value is -3.87. The third-order valence-electron chi connectivity index (χ3n) is 6.81. The minimum Gasteiger partial charge on any atom is -0.497 e. The molecule has 0 fully saturated rings. The quantitative estimate of drug-likeness (QED) is 0.181. The van der Waals surface area contributed by atoms with Crippen LogP contribution in [0.2, 0.25) is 10.0 Å². The number of carbonyl (C=O) groups is 2. The number of nitrogens with zero attached hydrogens (tertiary/aromatic N) is 3. The van der Waals surface area contributed by atoms with Gasteiger partial charge in [0.05, 0.1) is 22.6 Å². The molecule has 0 heterocycles. The van der Waals surface area contributed by atoms with Crippen LogP contribution in [0.25, 0.3) is 0 Å². The van der Waals surface area contributed by atoms with E-state index in [4.69, 9.17) is 27.9 Å². The number of benzene rings is 3. The van der Waals surface area contributed by atoms with Crippen molar-refractivity contribution in [1.29, 1.82) is 0 Å². The molecule has 14 heteroatoms. The lowest BCUT2D eigenvalue weighted by Gasteiger charge is -2.34. The molecule has 0 spiro atoms. The molecule has 1 N–H and O–H groups in total. The normalized spacial score (nSPS) is 12.0. The van der Waals surface area contributed by atoms with Gasteiger partial charge < -0.3 is 15.0 Å². The summed E-state index contributed by atoms with van der Waals surface area (Å²) in [5.74, 6) is -0.727. The van der Waals surface area contributed by atoms with E-state index in [0.717, 1.165) is 10.4 Å². The lowest BCUT2D eigenvalue weighted by molar-refractivity contribution is -0.385. The van der Waals surface area contributed by atoms with Gasteiger partial charge in [-0.3, -0.25) is 24.0 Å². The molecule has 44 heavy (non-hydrogen) atoms. The molecule has 0 bridgehead atoms. The van der Waals surface area contributed by atoms with Gasteiger partial charge in [0.2, 0.25) is 11.8 Å². The molecule has 1 atom stereocenters. The number of ether oxygens (including phenoxy) is 1. The van der Waals surface area contributed by atoms with Crippen LogP contribution >= 0.6 is 23.2 Å². The van der Waals surface area contributed by atoms with Crippen LogP contribution < -0.4 is 14.4 Å². The summed E-state index contributed by atoms with van der Waals surface area (Å²) in [5.41, 5.74) is 0.357. The van der Waals surface area contributed by atoms with E-state index in [9.17, 15) is 28.1 Å².